The number of rotatable bonds is 4. The number of Topliss-reactive ketones (excluding diaryl/α,β-unsaturated/α-hetero) is 1. The normalized spacial score (nSPS) is 28.4. The monoisotopic (exact) mass is 392 g/mol. The van der Waals surface area contributed by atoms with Gasteiger partial charge in [0.15, 0.2) is 17.7 Å². The number of ether oxygens (including phenoxy) is 1. The first-order chi connectivity index (χ1) is 12.4. The molecule has 1 aliphatic heterocycles. The van der Waals surface area contributed by atoms with Crippen molar-refractivity contribution < 1.29 is 42.6 Å². The molecular formula is C15H15F3N2O7. The van der Waals surface area contributed by atoms with Gasteiger partial charge in [0.1, 0.15) is 0 Å². The molecule has 1 aromatic carbocycles. The van der Waals surface area contributed by atoms with Crippen molar-refractivity contribution in [1.82, 2.24) is 5.32 Å². The quantitative estimate of drug-likeness (QED) is 0.389. The number of carbonyl (C=O) groups is 2. The first-order valence-electron chi connectivity index (χ1n) is 7.60. The summed E-state index contributed by atoms with van der Waals surface area (Å²) in [5.41, 5.74) is -3.24. The van der Waals surface area contributed by atoms with Gasteiger partial charge in [-0.25, -0.2) is 0 Å². The van der Waals surface area contributed by atoms with Crippen molar-refractivity contribution in [2.45, 2.75) is 43.6 Å². The fourth-order valence-electron chi connectivity index (χ4n) is 2.78. The smallest absolute Gasteiger partial charge is 0.377 e. The number of aliphatic hydroxyl groups is 2. The van der Waals surface area contributed by atoms with Gasteiger partial charge in [-0.05, 0) is 19.1 Å². The summed E-state index contributed by atoms with van der Waals surface area (Å²) in [6, 6.07) is 2.16. The number of alkyl halides is 3. The average Bonchev–Trinajstić information content (AvgIpc) is 2.57. The van der Waals surface area contributed by atoms with Gasteiger partial charge in [-0.2, -0.15) is 13.2 Å². The molecule has 0 spiro atoms. The molecular weight excluding hydrogens is 377 g/mol. The molecule has 1 amide bonds. The van der Waals surface area contributed by atoms with Crippen LogP contribution in [0.3, 0.4) is 0 Å². The maximum absolute atomic E-state index is 12.7. The van der Waals surface area contributed by atoms with E-state index in [0.29, 0.717) is 0 Å². The van der Waals surface area contributed by atoms with Gasteiger partial charge in [0.05, 0.1) is 17.1 Å². The lowest BCUT2D eigenvalue weighted by atomic mass is 9.78. The summed E-state index contributed by atoms with van der Waals surface area (Å²) in [4.78, 5) is 34.0. The summed E-state index contributed by atoms with van der Waals surface area (Å²) in [5, 5.41) is 32.6. The summed E-state index contributed by atoms with van der Waals surface area (Å²) in [6.45, 7) is 1.14. The Bertz CT molecular complexity index is 753. The van der Waals surface area contributed by atoms with Gasteiger partial charge in [-0.15, -0.1) is 0 Å². The molecule has 148 valence electrons. The van der Waals surface area contributed by atoms with Crippen LogP contribution in [0.1, 0.15) is 23.7 Å². The van der Waals surface area contributed by atoms with Crippen LogP contribution in [0, 0.1) is 10.1 Å². The molecule has 9 nitrogen and oxygen atoms in total. The standard InChI is InChI=1S/C15H15F3N2O7/c1-7-14(24,12(22)8-2-4-9(5-3-8)20(25)26)10(6-11(21)27-7)19-13(23)15(16,17)18/h2-5,7,10-11,21,24H,6H2,1H3,(H,19,23)/t7-,10+,11+,14+/m1/s1. The van der Waals surface area contributed by atoms with Crippen LogP contribution < -0.4 is 5.32 Å². The van der Waals surface area contributed by atoms with Gasteiger partial charge >= 0.3 is 12.1 Å². The summed E-state index contributed by atoms with van der Waals surface area (Å²) < 4.78 is 42.6. The second-order valence-electron chi connectivity index (χ2n) is 5.95. The molecule has 1 aliphatic rings. The van der Waals surface area contributed by atoms with Crippen LogP contribution in [0.15, 0.2) is 24.3 Å². The van der Waals surface area contributed by atoms with Crippen LogP contribution in [0.5, 0.6) is 0 Å². The zero-order chi connectivity index (χ0) is 20.6. The Morgan fingerprint density at radius 2 is 1.89 bits per heavy atom. The number of nitro benzene ring substituents is 1. The summed E-state index contributed by atoms with van der Waals surface area (Å²) in [5.74, 6) is -3.52. The van der Waals surface area contributed by atoms with Crippen molar-refractivity contribution in [3.63, 3.8) is 0 Å². The Morgan fingerprint density at radius 3 is 2.37 bits per heavy atom. The molecule has 3 N–H and O–H groups in total. The van der Waals surface area contributed by atoms with Crippen molar-refractivity contribution >= 4 is 17.4 Å². The van der Waals surface area contributed by atoms with Crippen LogP contribution in [0.25, 0.3) is 0 Å². The van der Waals surface area contributed by atoms with E-state index in [4.69, 9.17) is 4.74 Å². The molecule has 12 heteroatoms. The van der Waals surface area contributed by atoms with Crippen molar-refractivity contribution in [3.8, 4) is 0 Å². The van der Waals surface area contributed by atoms with Crippen LogP contribution in [-0.2, 0) is 9.53 Å². The summed E-state index contributed by atoms with van der Waals surface area (Å²) in [6.07, 6.45) is -9.06. The Labute approximate surface area is 149 Å². The molecule has 4 atom stereocenters. The lowest BCUT2D eigenvalue weighted by Gasteiger charge is -2.44. The zero-order valence-electron chi connectivity index (χ0n) is 13.8. The maximum Gasteiger partial charge on any atom is 0.471 e. The van der Waals surface area contributed by atoms with Crippen molar-refractivity contribution in [1.29, 1.82) is 0 Å². The number of benzene rings is 1. The minimum absolute atomic E-state index is 0.249. The van der Waals surface area contributed by atoms with E-state index in [-0.39, 0.29) is 11.3 Å². The van der Waals surface area contributed by atoms with E-state index in [2.05, 4.69) is 0 Å². The minimum Gasteiger partial charge on any atom is -0.377 e. The highest BCUT2D eigenvalue weighted by Gasteiger charge is 2.55. The maximum atomic E-state index is 12.7. The van der Waals surface area contributed by atoms with E-state index in [0.717, 1.165) is 31.2 Å². The Morgan fingerprint density at radius 1 is 1.33 bits per heavy atom. The Balaban J connectivity index is 2.38. The van der Waals surface area contributed by atoms with Crippen molar-refractivity contribution in [2.24, 2.45) is 0 Å². The van der Waals surface area contributed by atoms with Crippen LogP contribution in [-0.4, -0.2) is 57.0 Å². The zero-order valence-corrected chi connectivity index (χ0v) is 13.8. The number of nitrogens with zero attached hydrogens (tertiary/aromatic N) is 1. The fraction of sp³-hybridized carbons (Fsp3) is 0.467. The van der Waals surface area contributed by atoms with Crippen LogP contribution in [0.4, 0.5) is 18.9 Å². The SMILES string of the molecule is C[C@H]1O[C@H](O)C[C@H](NC(=O)C(F)(F)F)[C@]1(O)C(=O)c1ccc([N+](=O)[O-])cc1. The summed E-state index contributed by atoms with van der Waals surface area (Å²) in [7, 11) is 0. The molecule has 0 aliphatic carbocycles. The molecule has 0 unspecified atom stereocenters. The summed E-state index contributed by atoms with van der Waals surface area (Å²) >= 11 is 0. The van der Waals surface area contributed by atoms with E-state index >= 15 is 0 Å². The molecule has 0 radical (unpaired) electrons. The number of hydrogen-bond donors (Lipinski definition) is 3. The van der Waals surface area contributed by atoms with E-state index < -0.39 is 53.2 Å². The third kappa shape index (κ3) is 4.07. The number of aliphatic hydroxyl groups excluding tert-OH is 1. The molecule has 0 bridgehead atoms. The van der Waals surface area contributed by atoms with Gasteiger partial charge in [-0.1, -0.05) is 0 Å². The lowest BCUT2D eigenvalue weighted by molar-refractivity contribution is -0.384. The number of hydrogen-bond acceptors (Lipinski definition) is 7. The van der Waals surface area contributed by atoms with E-state index in [9.17, 15) is 43.1 Å². The van der Waals surface area contributed by atoms with Gasteiger partial charge in [-0.3, -0.25) is 19.7 Å². The largest absolute Gasteiger partial charge is 0.471 e. The fourth-order valence-corrected chi connectivity index (χ4v) is 2.78. The first kappa shape index (κ1) is 20.7. The van der Waals surface area contributed by atoms with E-state index in [1.54, 1.807) is 0 Å². The molecule has 1 saturated heterocycles. The number of carbonyl (C=O) groups excluding carboxylic acids is 2. The highest BCUT2D eigenvalue weighted by Crippen LogP contribution is 2.33. The number of non-ortho nitro benzene ring substituents is 1. The molecule has 1 heterocycles. The highest BCUT2D eigenvalue weighted by molar-refractivity contribution is 6.04. The highest BCUT2D eigenvalue weighted by atomic mass is 19.4. The van der Waals surface area contributed by atoms with Crippen molar-refractivity contribution in [3.05, 3.63) is 39.9 Å². The third-order valence-corrected chi connectivity index (χ3v) is 4.22. The predicted molar refractivity (Wildman–Crippen MR) is 81.5 cm³/mol. The molecule has 27 heavy (non-hydrogen) atoms. The average molecular weight is 392 g/mol. The number of nitro groups is 1. The Kier molecular flexibility index (Phi) is 5.54. The molecule has 1 aromatic rings. The van der Waals surface area contributed by atoms with Crippen LogP contribution in [0.2, 0.25) is 0 Å². The van der Waals surface area contributed by atoms with E-state index in [1.807, 2.05) is 0 Å². The van der Waals surface area contributed by atoms with Crippen LogP contribution >= 0.6 is 0 Å². The van der Waals surface area contributed by atoms with Gasteiger partial charge in [0, 0.05) is 24.1 Å². The second-order valence-corrected chi connectivity index (χ2v) is 5.95. The molecule has 0 saturated carbocycles. The topological polar surface area (TPSA) is 139 Å². The van der Waals surface area contributed by atoms with E-state index in [1.165, 1.54) is 5.32 Å². The predicted octanol–water partition coefficient (Wildman–Crippen LogP) is 0.683. The second kappa shape index (κ2) is 7.21. The number of ketones is 1. The van der Waals surface area contributed by atoms with Gasteiger partial charge in [0.2, 0.25) is 0 Å². The van der Waals surface area contributed by atoms with Gasteiger partial charge < -0.3 is 20.3 Å². The molecule has 1 fully saturated rings. The number of halogens is 3. The first-order valence-corrected chi connectivity index (χ1v) is 7.60. The molecule has 2 rings (SSSR count). The molecule has 0 aromatic heterocycles. The van der Waals surface area contributed by atoms with Crippen molar-refractivity contribution in [2.75, 3.05) is 0 Å². The minimum atomic E-state index is -5.27. The number of amides is 1. The van der Waals surface area contributed by atoms with Gasteiger partial charge in [0.25, 0.3) is 5.69 Å². The Hall–Kier alpha value is -2.57. The number of nitrogens with one attached hydrogen (secondary N) is 1. The third-order valence-electron chi connectivity index (χ3n) is 4.22. The lowest BCUT2D eigenvalue weighted by Crippen LogP contribution is -2.68.